The number of carbonyl (C=O) groups excluding carboxylic acids is 1. The first-order valence-corrected chi connectivity index (χ1v) is 6.60. The molecule has 5 N–H and O–H groups in total. The molecule has 0 atom stereocenters. The van der Waals surface area contributed by atoms with Gasteiger partial charge in [0.2, 0.25) is 15.9 Å². The van der Waals surface area contributed by atoms with Gasteiger partial charge < -0.3 is 11.1 Å². The molecule has 0 radical (unpaired) electrons. The molecule has 0 saturated heterocycles. The number of sulfonamides is 1. The Morgan fingerprint density at radius 1 is 1.29 bits per heavy atom. The second kappa shape index (κ2) is 5.65. The van der Waals surface area contributed by atoms with Gasteiger partial charge in [-0.15, -0.1) is 0 Å². The Labute approximate surface area is 100 Å². The second-order valence-corrected chi connectivity index (χ2v) is 5.07. The van der Waals surface area contributed by atoms with Crippen molar-refractivity contribution in [3.8, 4) is 0 Å². The molecule has 94 valence electrons. The number of hydrogen-bond donors (Lipinski definition) is 3. The molecule has 1 amide bonds. The molecule has 0 aliphatic heterocycles. The molecule has 0 fully saturated rings. The minimum atomic E-state index is -3.74. The third-order valence-electron chi connectivity index (χ3n) is 2.11. The van der Waals surface area contributed by atoms with Gasteiger partial charge in [0.1, 0.15) is 4.90 Å². The van der Waals surface area contributed by atoms with Crippen LogP contribution in [0.4, 0.5) is 5.69 Å². The van der Waals surface area contributed by atoms with E-state index in [9.17, 15) is 13.2 Å². The maximum absolute atomic E-state index is 11.3. The van der Waals surface area contributed by atoms with Crippen molar-refractivity contribution in [1.29, 1.82) is 0 Å². The van der Waals surface area contributed by atoms with Gasteiger partial charge in [0.15, 0.2) is 0 Å². The van der Waals surface area contributed by atoms with Gasteiger partial charge in [0.25, 0.3) is 0 Å². The summed E-state index contributed by atoms with van der Waals surface area (Å²) in [5, 5.41) is 7.98. The van der Waals surface area contributed by atoms with Crippen LogP contribution in [-0.2, 0) is 14.8 Å². The molecule has 0 heterocycles. The first kappa shape index (κ1) is 13.5. The zero-order valence-electron chi connectivity index (χ0n) is 9.22. The van der Waals surface area contributed by atoms with E-state index >= 15 is 0 Å². The lowest BCUT2D eigenvalue weighted by atomic mass is 10.2. The van der Waals surface area contributed by atoms with Gasteiger partial charge in [-0.25, -0.2) is 13.6 Å². The predicted octanol–water partition coefficient (Wildman–Crippen LogP) is 0.0114. The summed E-state index contributed by atoms with van der Waals surface area (Å²) in [6.45, 7) is 0.454. The molecule has 0 spiro atoms. The molecule has 6 nitrogen and oxygen atoms in total. The highest BCUT2D eigenvalue weighted by atomic mass is 32.2. The summed E-state index contributed by atoms with van der Waals surface area (Å²) in [4.78, 5) is 10.6. The van der Waals surface area contributed by atoms with Gasteiger partial charge in [0.05, 0.1) is 5.69 Å². The number of anilines is 1. The number of nitrogens with two attached hydrogens (primary N) is 2. The Kier molecular flexibility index (Phi) is 4.47. The molecule has 1 rings (SSSR count). The second-order valence-electron chi connectivity index (χ2n) is 3.54. The molecule has 0 bridgehead atoms. The molecule has 0 aliphatic rings. The summed E-state index contributed by atoms with van der Waals surface area (Å²) in [5.74, 6) is -0.383. The number of nitrogens with one attached hydrogen (secondary N) is 1. The van der Waals surface area contributed by atoms with Crippen LogP contribution >= 0.6 is 0 Å². The maximum atomic E-state index is 11.3. The number of primary sulfonamides is 1. The zero-order chi connectivity index (χ0) is 12.9. The van der Waals surface area contributed by atoms with Crippen LogP contribution in [0, 0.1) is 0 Å². The lowest BCUT2D eigenvalue weighted by Gasteiger charge is -2.09. The van der Waals surface area contributed by atoms with E-state index in [1.54, 1.807) is 18.2 Å². The van der Waals surface area contributed by atoms with Crippen LogP contribution in [-0.4, -0.2) is 20.9 Å². The van der Waals surface area contributed by atoms with Crippen LogP contribution in [0.25, 0.3) is 0 Å². The van der Waals surface area contributed by atoms with E-state index in [2.05, 4.69) is 5.32 Å². The fraction of sp³-hybridized carbons (Fsp3) is 0.300. The van der Waals surface area contributed by atoms with Gasteiger partial charge in [-0.2, -0.15) is 0 Å². The highest BCUT2D eigenvalue weighted by Crippen LogP contribution is 2.18. The first-order valence-electron chi connectivity index (χ1n) is 5.05. The van der Waals surface area contributed by atoms with Crippen molar-refractivity contribution in [2.24, 2.45) is 10.9 Å². The normalized spacial score (nSPS) is 11.1. The van der Waals surface area contributed by atoms with E-state index in [-0.39, 0.29) is 17.2 Å². The molecule has 0 aromatic heterocycles. The van der Waals surface area contributed by atoms with E-state index in [4.69, 9.17) is 10.9 Å². The minimum absolute atomic E-state index is 0.0408. The van der Waals surface area contributed by atoms with Gasteiger partial charge in [0, 0.05) is 13.0 Å². The van der Waals surface area contributed by atoms with Gasteiger partial charge in [-0.05, 0) is 18.6 Å². The lowest BCUT2D eigenvalue weighted by molar-refractivity contribution is -0.118. The van der Waals surface area contributed by atoms with Crippen LogP contribution in [0.2, 0.25) is 0 Å². The third-order valence-corrected chi connectivity index (χ3v) is 3.08. The Morgan fingerprint density at radius 3 is 2.53 bits per heavy atom. The number of rotatable bonds is 6. The van der Waals surface area contributed by atoms with E-state index in [0.29, 0.717) is 18.7 Å². The molecular weight excluding hydrogens is 242 g/mol. The number of benzene rings is 1. The summed E-state index contributed by atoms with van der Waals surface area (Å²) < 4.78 is 22.5. The number of primary amides is 1. The van der Waals surface area contributed by atoms with E-state index < -0.39 is 10.0 Å². The Hall–Kier alpha value is -1.60. The lowest BCUT2D eigenvalue weighted by Crippen LogP contribution is -2.16. The number of hydrogen-bond acceptors (Lipinski definition) is 4. The van der Waals surface area contributed by atoms with Crippen LogP contribution in [0.15, 0.2) is 29.2 Å². The minimum Gasteiger partial charge on any atom is -0.384 e. The smallest absolute Gasteiger partial charge is 0.240 e. The zero-order valence-corrected chi connectivity index (χ0v) is 10.0. The summed E-state index contributed by atoms with van der Waals surface area (Å²) >= 11 is 0. The Bertz CT molecular complexity index is 499. The van der Waals surface area contributed by atoms with Gasteiger partial charge in [-0.3, -0.25) is 4.79 Å². The van der Waals surface area contributed by atoms with Crippen molar-refractivity contribution < 1.29 is 13.2 Å². The average molecular weight is 257 g/mol. The van der Waals surface area contributed by atoms with E-state index in [1.165, 1.54) is 6.07 Å². The predicted molar refractivity (Wildman–Crippen MR) is 64.7 cm³/mol. The molecule has 7 heteroatoms. The van der Waals surface area contributed by atoms with E-state index in [1.807, 2.05) is 0 Å². The Morgan fingerprint density at radius 2 is 1.94 bits per heavy atom. The fourth-order valence-corrected chi connectivity index (χ4v) is 2.06. The largest absolute Gasteiger partial charge is 0.384 e. The molecule has 0 unspecified atom stereocenters. The number of para-hydroxylation sites is 1. The highest BCUT2D eigenvalue weighted by molar-refractivity contribution is 7.89. The van der Waals surface area contributed by atoms with Crippen LogP contribution < -0.4 is 16.2 Å². The molecule has 1 aromatic rings. The van der Waals surface area contributed by atoms with Crippen molar-refractivity contribution in [3.05, 3.63) is 24.3 Å². The van der Waals surface area contributed by atoms with Crippen LogP contribution in [0.1, 0.15) is 12.8 Å². The number of amides is 1. The SMILES string of the molecule is NC(=O)CCCNc1ccccc1S(N)(=O)=O. The average Bonchev–Trinajstić information content (AvgIpc) is 2.23. The first-order chi connectivity index (χ1) is 7.91. The summed E-state index contributed by atoms with van der Waals surface area (Å²) in [5.41, 5.74) is 5.42. The van der Waals surface area contributed by atoms with Crippen molar-refractivity contribution >= 4 is 21.6 Å². The molecule has 0 saturated carbocycles. The van der Waals surface area contributed by atoms with Gasteiger partial charge >= 0.3 is 0 Å². The quantitative estimate of drug-likeness (QED) is 0.622. The van der Waals surface area contributed by atoms with Gasteiger partial charge in [-0.1, -0.05) is 12.1 Å². The standard InChI is InChI=1S/C10H15N3O3S/c11-10(14)6-3-7-13-8-4-1-2-5-9(8)17(12,15)16/h1-2,4-5,13H,3,6-7H2,(H2,11,14)(H2,12,15,16). The number of carbonyl (C=O) groups is 1. The van der Waals surface area contributed by atoms with Crippen molar-refractivity contribution in [2.75, 3.05) is 11.9 Å². The molecule has 1 aromatic carbocycles. The van der Waals surface area contributed by atoms with Crippen LogP contribution in [0.3, 0.4) is 0 Å². The molecule has 0 aliphatic carbocycles. The molecular formula is C10H15N3O3S. The Balaban J connectivity index is 2.68. The topological polar surface area (TPSA) is 115 Å². The summed E-state index contributed by atoms with van der Waals surface area (Å²) in [6, 6.07) is 6.33. The fourth-order valence-electron chi connectivity index (χ4n) is 1.35. The molecule has 17 heavy (non-hydrogen) atoms. The summed E-state index contributed by atoms with van der Waals surface area (Å²) in [7, 11) is -3.74. The maximum Gasteiger partial charge on any atom is 0.240 e. The van der Waals surface area contributed by atoms with Crippen molar-refractivity contribution in [1.82, 2.24) is 0 Å². The van der Waals surface area contributed by atoms with Crippen molar-refractivity contribution in [3.63, 3.8) is 0 Å². The highest BCUT2D eigenvalue weighted by Gasteiger charge is 2.12. The summed E-state index contributed by atoms with van der Waals surface area (Å²) in [6.07, 6.45) is 0.791. The monoisotopic (exact) mass is 257 g/mol. The van der Waals surface area contributed by atoms with Crippen LogP contribution in [0.5, 0.6) is 0 Å². The third kappa shape index (κ3) is 4.41. The van der Waals surface area contributed by atoms with Crippen molar-refractivity contribution in [2.45, 2.75) is 17.7 Å². The van der Waals surface area contributed by atoms with E-state index in [0.717, 1.165) is 0 Å².